The monoisotopic (exact) mass is 392 g/mol. The van der Waals surface area contributed by atoms with E-state index in [2.05, 4.69) is 5.32 Å². The molecule has 5 nitrogen and oxygen atoms in total. The molecular weight excluding hydrogens is 374 g/mol. The fourth-order valence-electron chi connectivity index (χ4n) is 2.37. The van der Waals surface area contributed by atoms with E-state index >= 15 is 0 Å². The summed E-state index contributed by atoms with van der Waals surface area (Å²) < 4.78 is 27.6. The van der Waals surface area contributed by atoms with Gasteiger partial charge in [-0.3, -0.25) is 14.4 Å². The summed E-state index contributed by atoms with van der Waals surface area (Å²) >= 11 is 0.528. The smallest absolute Gasteiger partial charge is 0.253 e. The van der Waals surface area contributed by atoms with Crippen LogP contribution in [0.5, 0.6) is 0 Å². The van der Waals surface area contributed by atoms with Gasteiger partial charge in [0, 0.05) is 4.90 Å². The Morgan fingerprint density at radius 1 is 1.00 bits per heavy atom. The van der Waals surface area contributed by atoms with E-state index in [1.807, 2.05) is 0 Å². The van der Waals surface area contributed by atoms with Crippen LogP contribution < -0.4 is 11.1 Å². The van der Waals surface area contributed by atoms with Gasteiger partial charge in [-0.2, -0.15) is 0 Å². The van der Waals surface area contributed by atoms with Crippen LogP contribution in [0.1, 0.15) is 34.6 Å². The second kappa shape index (κ2) is 8.77. The van der Waals surface area contributed by atoms with Crippen LogP contribution in [0.15, 0.2) is 47.4 Å². The van der Waals surface area contributed by atoms with Gasteiger partial charge >= 0.3 is 0 Å². The van der Waals surface area contributed by atoms with Gasteiger partial charge in [0.05, 0.1) is 5.56 Å². The van der Waals surface area contributed by atoms with Crippen molar-refractivity contribution in [3.63, 3.8) is 0 Å². The number of thioether (sulfide) groups is 1. The summed E-state index contributed by atoms with van der Waals surface area (Å²) in [6, 6.07) is 8.30. The topological polar surface area (TPSA) is 89.3 Å². The summed E-state index contributed by atoms with van der Waals surface area (Å²) in [7, 11) is 0. The lowest BCUT2D eigenvalue weighted by molar-refractivity contribution is -0.120. The molecule has 0 aliphatic rings. The lowest BCUT2D eigenvalue weighted by Crippen LogP contribution is -2.47. The van der Waals surface area contributed by atoms with Crippen molar-refractivity contribution in [1.82, 2.24) is 5.32 Å². The molecular formula is C19H18F2N2O3S. The Hall–Kier alpha value is -2.74. The Balaban J connectivity index is 2.29. The first-order chi connectivity index (χ1) is 12.7. The summed E-state index contributed by atoms with van der Waals surface area (Å²) in [5.74, 6) is -3.50. The quantitative estimate of drug-likeness (QED) is 0.739. The molecule has 142 valence electrons. The Labute approximate surface area is 159 Å². The normalized spacial score (nSPS) is 11.9. The van der Waals surface area contributed by atoms with Crippen LogP contribution in [0.25, 0.3) is 0 Å². The molecule has 0 aliphatic carbocycles. The van der Waals surface area contributed by atoms with Crippen LogP contribution in [0.4, 0.5) is 8.78 Å². The van der Waals surface area contributed by atoms with Crippen LogP contribution in [0.3, 0.4) is 0 Å². The second-order valence-electron chi connectivity index (χ2n) is 6.08. The van der Waals surface area contributed by atoms with E-state index in [-0.39, 0.29) is 16.4 Å². The maximum atomic E-state index is 13.8. The highest BCUT2D eigenvalue weighted by Crippen LogP contribution is 2.28. The van der Waals surface area contributed by atoms with Gasteiger partial charge in [-0.05, 0) is 41.9 Å². The minimum absolute atomic E-state index is 0.0968. The number of nitrogens with one attached hydrogen (secondary N) is 1. The van der Waals surface area contributed by atoms with Gasteiger partial charge < -0.3 is 11.1 Å². The molecule has 0 aliphatic heterocycles. The first kappa shape index (κ1) is 20.6. The molecule has 0 saturated heterocycles. The molecule has 3 N–H and O–H groups in total. The summed E-state index contributed by atoms with van der Waals surface area (Å²) in [6.07, 6.45) is 0. The Bertz CT molecular complexity index is 867. The highest BCUT2D eigenvalue weighted by Gasteiger charge is 2.25. The molecule has 0 aromatic heterocycles. The van der Waals surface area contributed by atoms with E-state index in [4.69, 9.17) is 5.73 Å². The van der Waals surface area contributed by atoms with Crippen molar-refractivity contribution in [2.45, 2.75) is 24.8 Å². The van der Waals surface area contributed by atoms with Crippen molar-refractivity contribution in [2.75, 3.05) is 0 Å². The average molecular weight is 392 g/mol. The predicted molar refractivity (Wildman–Crippen MR) is 98.3 cm³/mol. The zero-order valence-electron chi connectivity index (χ0n) is 14.7. The predicted octanol–water partition coefficient (Wildman–Crippen LogP) is 3.14. The molecule has 0 fully saturated rings. The van der Waals surface area contributed by atoms with Crippen molar-refractivity contribution < 1.29 is 23.2 Å². The van der Waals surface area contributed by atoms with Crippen LogP contribution in [-0.2, 0) is 4.79 Å². The molecule has 0 spiro atoms. The zero-order valence-corrected chi connectivity index (χ0v) is 15.5. The summed E-state index contributed by atoms with van der Waals surface area (Å²) in [4.78, 5) is 36.6. The van der Waals surface area contributed by atoms with Crippen molar-refractivity contribution in [3.05, 3.63) is 65.2 Å². The number of carbonyl (C=O) groups excluding carboxylic acids is 3. The van der Waals surface area contributed by atoms with Crippen LogP contribution in [0.2, 0.25) is 0 Å². The summed E-state index contributed by atoms with van der Waals surface area (Å²) in [5.41, 5.74) is 4.71. The van der Waals surface area contributed by atoms with E-state index in [9.17, 15) is 23.2 Å². The van der Waals surface area contributed by atoms with Crippen LogP contribution in [0, 0.1) is 17.6 Å². The Kier molecular flexibility index (Phi) is 6.68. The van der Waals surface area contributed by atoms with E-state index in [1.165, 1.54) is 12.1 Å². The highest BCUT2D eigenvalue weighted by molar-refractivity contribution is 8.14. The lowest BCUT2D eigenvalue weighted by Gasteiger charge is -2.19. The standard InChI is InChI=1S/C19H18F2N2O3S/c1-10(2)16(17(22)24)23-18(25)11-6-3-4-9-14(11)27-19(26)15-12(20)7-5-8-13(15)21/h3-10,16H,1-2H3,(H2,22,24)(H,23,25). The molecule has 2 aromatic carbocycles. The number of nitrogens with two attached hydrogens (primary N) is 1. The maximum absolute atomic E-state index is 13.8. The van der Waals surface area contributed by atoms with E-state index in [1.54, 1.807) is 26.0 Å². The largest absolute Gasteiger partial charge is 0.368 e. The van der Waals surface area contributed by atoms with Crippen LogP contribution in [-0.4, -0.2) is 23.0 Å². The van der Waals surface area contributed by atoms with Crippen molar-refractivity contribution >= 4 is 28.7 Å². The lowest BCUT2D eigenvalue weighted by atomic mass is 10.0. The second-order valence-corrected chi connectivity index (χ2v) is 7.09. The van der Waals surface area contributed by atoms with Gasteiger partial charge in [-0.1, -0.05) is 32.0 Å². The van der Waals surface area contributed by atoms with Crippen LogP contribution >= 0.6 is 11.8 Å². The molecule has 2 rings (SSSR count). The van der Waals surface area contributed by atoms with Crippen molar-refractivity contribution in [2.24, 2.45) is 11.7 Å². The molecule has 1 atom stereocenters. The third-order valence-corrected chi connectivity index (χ3v) is 4.73. The molecule has 1 unspecified atom stereocenters. The fraction of sp³-hybridized carbons (Fsp3) is 0.211. The number of rotatable bonds is 6. The molecule has 27 heavy (non-hydrogen) atoms. The van der Waals surface area contributed by atoms with Gasteiger partial charge in [0.15, 0.2) is 0 Å². The number of hydrogen-bond donors (Lipinski definition) is 2. The van der Waals surface area contributed by atoms with E-state index < -0.39 is 40.2 Å². The first-order valence-electron chi connectivity index (χ1n) is 8.07. The SMILES string of the molecule is CC(C)C(NC(=O)c1ccccc1SC(=O)c1c(F)cccc1F)C(N)=O. The van der Waals surface area contributed by atoms with E-state index in [0.717, 1.165) is 18.2 Å². The maximum Gasteiger partial charge on any atom is 0.253 e. The average Bonchev–Trinajstić information content (AvgIpc) is 2.59. The Morgan fingerprint density at radius 2 is 1.59 bits per heavy atom. The molecule has 8 heteroatoms. The number of amides is 2. The molecule has 2 aromatic rings. The van der Waals surface area contributed by atoms with Crippen molar-refractivity contribution in [3.8, 4) is 0 Å². The zero-order chi connectivity index (χ0) is 20.1. The number of primary amides is 1. The van der Waals surface area contributed by atoms with E-state index in [0.29, 0.717) is 11.8 Å². The van der Waals surface area contributed by atoms with Gasteiger partial charge in [-0.15, -0.1) is 0 Å². The van der Waals surface area contributed by atoms with Gasteiger partial charge in [-0.25, -0.2) is 8.78 Å². The van der Waals surface area contributed by atoms with Gasteiger partial charge in [0.1, 0.15) is 23.2 Å². The number of halogens is 2. The fourth-order valence-corrected chi connectivity index (χ4v) is 3.29. The molecule has 0 saturated carbocycles. The summed E-state index contributed by atoms with van der Waals surface area (Å²) in [6.45, 7) is 3.45. The van der Waals surface area contributed by atoms with Gasteiger partial charge in [0.25, 0.3) is 5.91 Å². The third kappa shape index (κ3) is 4.91. The number of benzene rings is 2. The highest BCUT2D eigenvalue weighted by atomic mass is 32.2. The van der Waals surface area contributed by atoms with Gasteiger partial charge in [0.2, 0.25) is 11.0 Å². The minimum atomic E-state index is -0.983. The Morgan fingerprint density at radius 3 is 2.15 bits per heavy atom. The van der Waals surface area contributed by atoms with Crippen molar-refractivity contribution in [1.29, 1.82) is 0 Å². The minimum Gasteiger partial charge on any atom is -0.368 e. The molecule has 2 amide bonds. The third-order valence-electron chi connectivity index (χ3n) is 3.76. The molecule has 0 bridgehead atoms. The summed E-state index contributed by atoms with van der Waals surface area (Å²) in [5, 5.41) is 1.65. The number of carbonyl (C=O) groups is 3. The first-order valence-corrected chi connectivity index (χ1v) is 8.89. The number of hydrogen-bond acceptors (Lipinski definition) is 4. The molecule has 0 radical (unpaired) electrons. The molecule has 0 heterocycles.